The molecule has 180 valence electrons. The molecule has 3 rings (SSSR count). The monoisotopic (exact) mass is 477 g/mol. The number of nitrogens with zero attached hydrogens (tertiary/aromatic N) is 2. The molecule has 0 aliphatic carbocycles. The van der Waals surface area contributed by atoms with Gasteiger partial charge in [0, 0.05) is 25.6 Å². The summed E-state index contributed by atoms with van der Waals surface area (Å²) in [6.07, 6.45) is 0.906. The number of piperidine rings is 1. The van der Waals surface area contributed by atoms with Crippen molar-refractivity contribution in [1.82, 2.24) is 14.5 Å². The first-order valence-electron chi connectivity index (χ1n) is 11.1. The molecule has 0 radical (unpaired) electrons. The lowest BCUT2D eigenvalue weighted by atomic mass is 9.97. The van der Waals surface area contributed by atoms with Crippen molar-refractivity contribution in [2.75, 3.05) is 40.3 Å². The lowest BCUT2D eigenvalue weighted by Gasteiger charge is -2.31. The van der Waals surface area contributed by atoms with Crippen LogP contribution >= 0.6 is 0 Å². The predicted molar refractivity (Wildman–Crippen MR) is 125 cm³/mol. The molecule has 0 bridgehead atoms. The summed E-state index contributed by atoms with van der Waals surface area (Å²) in [6.45, 7) is 3.30. The van der Waals surface area contributed by atoms with Crippen molar-refractivity contribution in [2.24, 2.45) is 5.92 Å². The van der Waals surface area contributed by atoms with Crippen molar-refractivity contribution >= 4 is 15.9 Å². The second-order valence-electron chi connectivity index (χ2n) is 8.36. The van der Waals surface area contributed by atoms with E-state index in [0.29, 0.717) is 31.7 Å². The van der Waals surface area contributed by atoms with Crippen LogP contribution in [0.2, 0.25) is 0 Å². The maximum atomic E-state index is 13.6. The Balaban J connectivity index is 1.55. The number of halogens is 1. The average Bonchev–Trinajstić information content (AvgIpc) is 2.79. The fourth-order valence-corrected chi connectivity index (χ4v) is 5.51. The Morgan fingerprint density at radius 2 is 1.85 bits per heavy atom. The summed E-state index contributed by atoms with van der Waals surface area (Å²) in [6, 6.07) is 12.6. The molecule has 2 aromatic rings. The van der Waals surface area contributed by atoms with Crippen molar-refractivity contribution in [3.8, 4) is 5.75 Å². The number of rotatable bonds is 9. The van der Waals surface area contributed by atoms with Crippen molar-refractivity contribution in [3.05, 3.63) is 59.9 Å². The zero-order valence-electron chi connectivity index (χ0n) is 19.3. The van der Waals surface area contributed by atoms with Crippen LogP contribution in [0.25, 0.3) is 0 Å². The van der Waals surface area contributed by atoms with Crippen molar-refractivity contribution in [1.29, 1.82) is 0 Å². The molecular weight excluding hydrogens is 445 g/mol. The van der Waals surface area contributed by atoms with Crippen LogP contribution in [0.1, 0.15) is 31.4 Å². The summed E-state index contributed by atoms with van der Waals surface area (Å²) in [4.78, 5) is 14.9. The third-order valence-corrected chi connectivity index (χ3v) is 7.84. The first-order chi connectivity index (χ1) is 15.7. The number of amides is 1. The molecule has 0 aromatic heterocycles. The van der Waals surface area contributed by atoms with Gasteiger partial charge in [0.05, 0.1) is 17.5 Å². The summed E-state index contributed by atoms with van der Waals surface area (Å²) in [5.74, 6) is -0.0450. The number of hydrogen-bond acceptors (Lipinski definition) is 5. The van der Waals surface area contributed by atoms with Crippen molar-refractivity contribution in [2.45, 2.75) is 30.7 Å². The van der Waals surface area contributed by atoms with Gasteiger partial charge in [-0.2, -0.15) is 4.31 Å². The molecule has 1 saturated heterocycles. The maximum Gasteiger partial charge on any atom is 0.243 e. The van der Waals surface area contributed by atoms with Gasteiger partial charge < -0.3 is 15.0 Å². The number of ether oxygens (including phenoxy) is 1. The van der Waals surface area contributed by atoms with E-state index in [-0.39, 0.29) is 41.7 Å². The molecule has 1 amide bonds. The Kier molecular flexibility index (Phi) is 8.45. The zero-order valence-corrected chi connectivity index (χ0v) is 20.1. The highest BCUT2D eigenvalue weighted by molar-refractivity contribution is 7.89. The van der Waals surface area contributed by atoms with E-state index in [1.54, 1.807) is 30.3 Å². The van der Waals surface area contributed by atoms with Gasteiger partial charge in [0.2, 0.25) is 15.9 Å². The average molecular weight is 478 g/mol. The largest absolute Gasteiger partial charge is 0.494 e. The number of likely N-dealkylation sites (N-methyl/N-ethyl adjacent to an activating group) is 1. The molecule has 0 saturated carbocycles. The van der Waals surface area contributed by atoms with Crippen molar-refractivity contribution in [3.63, 3.8) is 0 Å². The Morgan fingerprint density at radius 3 is 2.42 bits per heavy atom. The van der Waals surface area contributed by atoms with Gasteiger partial charge in [0.1, 0.15) is 11.6 Å². The summed E-state index contributed by atoms with van der Waals surface area (Å²) in [7, 11) is 0.146. The van der Waals surface area contributed by atoms with Crippen molar-refractivity contribution < 1.29 is 22.3 Å². The number of nitrogens with one attached hydrogen (secondary N) is 1. The molecule has 7 nitrogen and oxygen atoms in total. The van der Waals surface area contributed by atoms with Crippen LogP contribution in [0.5, 0.6) is 5.75 Å². The molecule has 1 fully saturated rings. The minimum Gasteiger partial charge on any atom is -0.494 e. The minimum atomic E-state index is -3.62. The lowest BCUT2D eigenvalue weighted by molar-refractivity contribution is -0.126. The Morgan fingerprint density at radius 1 is 1.18 bits per heavy atom. The van der Waals surface area contributed by atoms with Crippen LogP contribution in [0, 0.1) is 11.7 Å². The van der Waals surface area contributed by atoms with Crippen LogP contribution in [0.3, 0.4) is 0 Å². The van der Waals surface area contributed by atoms with Gasteiger partial charge in [0.15, 0.2) is 0 Å². The molecule has 1 N–H and O–H groups in total. The van der Waals surface area contributed by atoms with Gasteiger partial charge in [-0.1, -0.05) is 12.1 Å². The summed E-state index contributed by atoms with van der Waals surface area (Å²) < 4.78 is 46.3. The fourth-order valence-electron chi connectivity index (χ4n) is 4.04. The van der Waals surface area contributed by atoms with Gasteiger partial charge in [-0.3, -0.25) is 4.79 Å². The summed E-state index contributed by atoms with van der Waals surface area (Å²) >= 11 is 0. The Bertz CT molecular complexity index is 1040. The van der Waals surface area contributed by atoms with Gasteiger partial charge in [-0.05, 0) is 75.8 Å². The van der Waals surface area contributed by atoms with E-state index >= 15 is 0 Å². The van der Waals surface area contributed by atoms with E-state index in [2.05, 4.69) is 5.32 Å². The Labute approximate surface area is 195 Å². The van der Waals surface area contributed by atoms with Gasteiger partial charge in [-0.25, -0.2) is 12.8 Å². The molecule has 1 unspecified atom stereocenters. The molecular formula is C24H32FN3O4S. The standard InChI is InChI=1S/C24H32FN3O4S/c1-4-32-21-8-10-22(11-9-21)33(30,31)28-14-12-18(13-15-28)24(29)26-17-23(27(2)3)19-6-5-7-20(25)16-19/h5-11,16,18,23H,4,12-15,17H2,1-3H3,(H,26,29). The van der Waals surface area contributed by atoms with E-state index in [0.717, 1.165) is 5.56 Å². The Hall–Kier alpha value is -2.49. The SMILES string of the molecule is CCOc1ccc(S(=O)(=O)N2CCC(C(=O)NCC(c3cccc(F)c3)N(C)C)CC2)cc1. The second kappa shape index (κ2) is 11.1. The van der Waals surface area contributed by atoms with E-state index in [1.807, 2.05) is 32.0 Å². The van der Waals surface area contributed by atoms with Crippen LogP contribution in [-0.2, 0) is 14.8 Å². The van der Waals surface area contributed by atoms with Crippen LogP contribution < -0.4 is 10.1 Å². The van der Waals surface area contributed by atoms with E-state index in [9.17, 15) is 17.6 Å². The van der Waals surface area contributed by atoms with Crippen LogP contribution in [0.4, 0.5) is 4.39 Å². The zero-order chi connectivity index (χ0) is 24.0. The number of carbonyl (C=O) groups is 1. The predicted octanol–water partition coefficient (Wildman–Crippen LogP) is 3.04. The fraction of sp³-hybridized carbons (Fsp3) is 0.458. The third kappa shape index (κ3) is 6.31. The van der Waals surface area contributed by atoms with Gasteiger partial charge in [0.25, 0.3) is 0 Å². The maximum absolute atomic E-state index is 13.6. The van der Waals surface area contributed by atoms with E-state index < -0.39 is 10.0 Å². The summed E-state index contributed by atoms with van der Waals surface area (Å²) in [5, 5.41) is 2.97. The normalized spacial score (nSPS) is 16.5. The third-order valence-electron chi connectivity index (χ3n) is 5.92. The highest BCUT2D eigenvalue weighted by Gasteiger charge is 2.32. The van der Waals surface area contributed by atoms with Gasteiger partial charge in [-0.15, -0.1) is 0 Å². The molecule has 1 atom stereocenters. The highest BCUT2D eigenvalue weighted by atomic mass is 32.2. The molecule has 33 heavy (non-hydrogen) atoms. The van der Waals surface area contributed by atoms with E-state index in [4.69, 9.17) is 4.74 Å². The molecule has 0 spiro atoms. The first-order valence-corrected chi connectivity index (χ1v) is 12.6. The highest BCUT2D eigenvalue weighted by Crippen LogP contribution is 2.26. The molecule has 1 heterocycles. The number of benzene rings is 2. The van der Waals surface area contributed by atoms with Crippen LogP contribution in [0.15, 0.2) is 53.4 Å². The molecule has 1 aliphatic rings. The topological polar surface area (TPSA) is 79.0 Å². The number of hydrogen-bond donors (Lipinski definition) is 1. The first kappa shape index (κ1) is 25.1. The number of sulfonamides is 1. The molecule has 1 aliphatic heterocycles. The molecule has 9 heteroatoms. The minimum absolute atomic E-state index is 0.101. The lowest BCUT2D eigenvalue weighted by Crippen LogP contribution is -2.44. The van der Waals surface area contributed by atoms with Crippen LogP contribution in [-0.4, -0.2) is 63.9 Å². The van der Waals surface area contributed by atoms with Gasteiger partial charge >= 0.3 is 0 Å². The smallest absolute Gasteiger partial charge is 0.243 e. The second-order valence-corrected chi connectivity index (χ2v) is 10.3. The van der Waals surface area contributed by atoms with E-state index in [1.165, 1.54) is 16.4 Å². The summed E-state index contributed by atoms with van der Waals surface area (Å²) in [5.41, 5.74) is 0.788. The quantitative estimate of drug-likeness (QED) is 0.601. The molecule has 2 aromatic carbocycles. The number of carbonyl (C=O) groups excluding carboxylic acids is 1.